The van der Waals surface area contributed by atoms with E-state index in [1.165, 1.54) is 17.4 Å². The molecule has 3 aromatic rings. The fourth-order valence-corrected chi connectivity index (χ4v) is 3.52. The number of benzene rings is 1. The molecule has 0 spiro atoms. The van der Waals surface area contributed by atoms with Crippen LogP contribution in [0, 0.1) is 24.4 Å². The molecule has 26 heavy (non-hydrogen) atoms. The highest BCUT2D eigenvalue weighted by Crippen LogP contribution is 2.32. The predicted octanol–water partition coefficient (Wildman–Crippen LogP) is 4.26. The van der Waals surface area contributed by atoms with Crippen LogP contribution in [0.2, 0.25) is 0 Å². The van der Waals surface area contributed by atoms with Crippen molar-refractivity contribution in [2.45, 2.75) is 20.4 Å². The summed E-state index contributed by atoms with van der Waals surface area (Å²) in [5, 5.41) is 10.1. The number of hydrogen-bond acceptors (Lipinski definition) is 5. The smallest absolute Gasteiger partial charge is 0.257 e. The van der Waals surface area contributed by atoms with Crippen LogP contribution in [0.1, 0.15) is 21.6 Å². The average molecular weight is 389 g/mol. The van der Waals surface area contributed by atoms with Crippen molar-refractivity contribution in [1.82, 2.24) is 19.7 Å². The van der Waals surface area contributed by atoms with Crippen molar-refractivity contribution in [1.29, 1.82) is 0 Å². The van der Waals surface area contributed by atoms with E-state index in [9.17, 15) is 9.18 Å². The van der Waals surface area contributed by atoms with Crippen molar-refractivity contribution < 1.29 is 9.18 Å². The number of carbonyl (C=O) groups is 1. The number of rotatable bonds is 5. The Balaban J connectivity index is 1.89. The number of anilines is 1. The molecule has 0 fully saturated rings. The van der Waals surface area contributed by atoms with Crippen LogP contribution in [-0.4, -0.2) is 25.7 Å². The number of hydrogen-bond donors (Lipinski definition) is 2. The molecule has 0 aliphatic carbocycles. The van der Waals surface area contributed by atoms with Crippen molar-refractivity contribution in [3.05, 3.63) is 58.3 Å². The summed E-state index contributed by atoms with van der Waals surface area (Å²) >= 11 is 6.50. The first-order chi connectivity index (χ1) is 12.4. The Hall–Kier alpha value is -2.65. The molecule has 0 atom stereocenters. The molecule has 1 amide bonds. The maximum Gasteiger partial charge on any atom is 0.257 e. The number of aromatic nitrogens is 4. The van der Waals surface area contributed by atoms with Gasteiger partial charge in [0.15, 0.2) is 15.7 Å². The van der Waals surface area contributed by atoms with Gasteiger partial charge in [-0.05, 0) is 43.8 Å². The maximum atomic E-state index is 13.7. The molecule has 0 bridgehead atoms. The summed E-state index contributed by atoms with van der Waals surface area (Å²) < 4.78 is 15.9. The number of amides is 1. The number of H-pyrrole nitrogens is 1. The van der Waals surface area contributed by atoms with Crippen LogP contribution < -0.4 is 5.32 Å². The monoisotopic (exact) mass is 389 g/mol. The van der Waals surface area contributed by atoms with Gasteiger partial charge < -0.3 is 0 Å². The molecule has 6 nitrogen and oxygen atoms in total. The van der Waals surface area contributed by atoms with Gasteiger partial charge in [-0.15, -0.1) is 6.58 Å². The van der Waals surface area contributed by atoms with Crippen LogP contribution >= 0.6 is 23.6 Å². The number of halogens is 1. The minimum Gasteiger partial charge on any atom is -0.298 e. The van der Waals surface area contributed by atoms with Crippen molar-refractivity contribution in [2.75, 3.05) is 5.32 Å². The average Bonchev–Trinajstić information content (AvgIpc) is 3.13. The molecule has 2 aromatic heterocycles. The molecular formula is C17H16FN5OS2. The van der Waals surface area contributed by atoms with Gasteiger partial charge in [-0.25, -0.2) is 9.37 Å². The Morgan fingerprint density at radius 1 is 1.50 bits per heavy atom. The zero-order valence-corrected chi connectivity index (χ0v) is 15.8. The lowest BCUT2D eigenvalue weighted by Gasteiger charge is -2.03. The first-order valence-corrected chi connectivity index (χ1v) is 8.94. The van der Waals surface area contributed by atoms with Gasteiger partial charge in [-0.1, -0.05) is 23.5 Å². The predicted molar refractivity (Wildman–Crippen MR) is 103 cm³/mol. The van der Waals surface area contributed by atoms with E-state index in [2.05, 4.69) is 27.1 Å². The normalized spacial score (nSPS) is 10.7. The Bertz CT molecular complexity index is 1050. The lowest BCUT2D eigenvalue weighted by molar-refractivity contribution is 0.102. The van der Waals surface area contributed by atoms with Crippen LogP contribution in [-0.2, 0) is 6.54 Å². The summed E-state index contributed by atoms with van der Waals surface area (Å²) in [7, 11) is 0. The molecule has 134 valence electrons. The van der Waals surface area contributed by atoms with Gasteiger partial charge in [0.05, 0.1) is 10.6 Å². The van der Waals surface area contributed by atoms with Gasteiger partial charge >= 0.3 is 0 Å². The molecule has 2 N–H and O–H groups in total. The van der Waals surface area contributed by atoms with Crippen LogP contribution in [0.15, 0.2) is 30.9 Å². The first kappa shape index (κ1) is 18.2. The van der Waals surface area contributed by atoms with Crippen LogP contribution in [0.3, 0.4) is 0 Å². The number of aryl methyl sites for hydroxylation is 2. The number of thiazole rings is 1. The molecule has 9 heteroatoms. The third-order valence-electron chi connectivity index (χ3n) is 3.72. The zero-order chi connectivity index (χ0) is 18.8. The number of nitrogens with one attached hydrogen (secondary N) is 2. The third-order valence-corrected chi connectivity index (χ3v) is 5.10. The summed E-state index contributed by atoms with van der Waals surface area (Å²) in [6.45, 7) is 7.69. The van der Waals surface area contributed by atoms with Gasteiger partial charge in [0.1, 0.15) is 5.82 Å². The molecule has 3 rings (SSSR count). The first-order valence-electron chi connectivity index (χ1n) is 7.72. The summed E-state index contributed by atoms with van der Waals surface area (Å²) in [6, 6.07) is 4.35. The second kappa shape index (κ2) is 7.30. The summed E-state index contributed by atoms with van der Waals surface area (Å²) in [4.78, 5) is 17.5. The molecule has 0 radical (unpaired) electrons. The fraction of sp³-hybridized carbons (Fsp3) is 0.176. The lowest BCUT2D eigenvalue weighted by Crippen LogP contribution is -2.12. The fourth-order valence-electron chi connectivity index (χ4n) is 2.35. The Kier molecular flexibility index (Phi) is 5.10. The van der Waals surface area contributed by atoms with Gasteiger partial charge in [-0.3, -0.25) is 19.8 Å². The van der Waals surface area contributed by atoms with Crippen LogP contribution in [0.5, 0.6) is 0 Å². The second-order valence-electron chi connectivity index (χ2n) is 5.60. The summed E-state index contributed by atoms with van der Waals surface area (Å²) in [6.07, 6.45) is 1.72. The van der Waals surface area contributed by atoms with E-state index in [1.807, 2.05) is 6.92 Å². The standard InChI is InChI=1S/C17H16FN5OS2/c1-4-7-23-14(21-22-17(23)25)13-10(3)19-16(26-13)20-15(24)11-6-5-9(2)12(18)8-11/h4-6,8H,1,7H2,2-3H3,(H,22,25)(H,19,20,24). The SMILES string of the molecule is C=CCn1c(-c2sc(NC(=O)c3ccc(C)c(F)c3)nc2C)n[nH]c1=S. The Morgan fingerprint density at radius 2 is 2.27 bits per heavy atom. The van der Waals surface area contributed by atoms with Gasteiger partial charge in [-0.2, -0.15) is 5.10 Å². The van der Waals surface area contributed by atoms with Gasteiger partial charge in [0, 0.05) is 12.1 Å². The third kappa shape index (κ3) is 3.49. The number of carbonyl (C=O) groups excluding carboxylic acids is 1. The van der Waals surface area contributed by atoms with E-state index in [1.54, 1.807) is 29.7 Å². The lowest BCUT2D eigenvalue weighted by atomic mass is 10.1. The van der Waals surface area contributed by atoms with Crippen LogP contribution in [0.25, 0.3) is 10.7 Å². The minimum atomic E-state index is -0.423. The highest BCUT2D eigenvalue weighted by Gasteiger charge is 2.18. The van der Waals surface area contributed by atoms with E-state index in [4.69, 9.17) is 12.2 Å². The number of allylic oxidation sites excluding steroid dienone is 1. The summed E-state index contributed by atoms with van der Waals surface area (Å²) in [5.74, 6) is -0.213. The van der Waals surface area contributed by atoms with Gasteiger partial charge in [0.25, 0.3) is 5.91 Å². The summed E-state index contributed by atoms with van der Waals surface area (Å²) in [5.41, 5.74) is 1.43. The van der Waals surface area contributed by atoms with Crippen molar-refractivity contribution >= 4 is 34.6 Å². The number of nitrogens with zero attached hydrogens (tertiary/aromatic N) is 3. The minimum absolute atomic E-state index is 0.233. The van der Waals surface area contributed by atoms with Crippen LogP contribution in [0.4, 0.5) is 9.52 Å². The van der Waals surface area contributed by atoms with Gasteiger partial charge in [0.2, 0.25) is 0 Å². The molecular weight excluding hydrogens is 373 g/mol. The Morgan fingerprint density at radius 3 is 2.96 bits per heavy atom. The van der Waals surface area contributed by atoms with E-state index in [0.29, 0.717) is 33.5 Å². The van der Waals surface area contributed by atoms with E-state index >= 15 is 0 Å². The molecule has 0 aliphatic heterocycles. The molecule has 0 saturated carbocycles. The van der Waals surface area contributed by atoms with Crippen molar-refractivity contribution in [3.63, 3.8) is 0 Å². The Labute approximate surface area is 158 Å². The molecule has 0 saturated heterocycles. The molecule has 0 unspecified atom stereocenters. The van der Waals surface area contributed by atoms with E-state index in [-0.39, 0.29) is 5.56 Å². The zero-order valence-electron chi connectivity index (χ0n) is 14.2. The molecule has 1 aromatic carbocycles. The highest BCUT2D eigenvalue weighted by atomic mass is 32.1. The second-order valence-corrected chi connectivity index (χ2v) is 6.99. The molecule has 0 aliphatic rings. The number of aromatic amines is 1. The largest absolute Gasteiger partial charge is 0.298 e. The van der Waals surface area contributed by atoms with Crippen molar-refractivity contribution in [3.8, 4) is 10.7 Å². The topological polar surface area (TPSA) is 75.6 Å². The highest BCUT2D eigenvalue weighted by molar-refractivity contribution is 7.71. The van der Waals surface area contributed by atoms with E-state index < -0.39 is 11.7 Å². The molecule has 2 heterocycles. The maximum absolute atomic E-state index is 13.7. The quantitative estimate of drug-likeness (QED) is 0.505. The van der Waals surface area contributed by atoms with Crippen molar-refractivity contribution in [2.24, 2.45) is 0 Å². The van der Waals surface area contributed by atoms with E-state index in [0.717, 1.165) is 4.88 Å².